The van der Waals surface area contributed by atoms with Crippen LogP contribution in [-0.2, 0) is 16.9 Å². The normalized spacial score (nSPS) is 11.4. The summed E-state index contributed by atoms with van der Waals surface area (Å²) in [6, 6.07) is 14.7. The van der Waals surface area contributed by atoms with Crippen LogP contribution in [0.3, 0.4) is 0 Å². The van der Waals surface area contributed by atoms with Gasteiger partial charge in [-0.15, -0.1) is 0 Å². The molecule has 0 atom stereocenters. The maximum absolute atomic E-state index is 12.7. The van der Waals surface area contributed by atoms with E-state index < -0.39 is 9.84 Å². The number of ether oxygens (including phenoxy) is 1. The third-order valence-electron chi connectivity index (χ3n) is 4.66. The Morgan fingerprint density at radius 1 is 1.13 bits per heavy atom. The summed E-state index contributed by atoms with van der Waals surface area (Å²) in [5.41, 5.74) is 0.952. The number of rotatable bonds is 6. The summed E-state index contributed by atoms with van der Waals surface area (Å²) in [7, 11) is -1.52. The van der Waals surface area contributed by atoms with Crippen LogP contribution in [0.1, 0.15) is 17.3 Å². The van der Waals surface area contributed by atoms with Gasteiger partial charge in [-0.05, 0) is 48.5 Å². The minimum absolute atomic E-state index is 0.0247. The summed E-state index contributed by atoms with van der Waals surface area (Å²) >= 11 is 0. The lowest BCUT2D eigenvalue weighted by Gasteiger charge is -2.10. The Bertz CT molecular complexity index is 1350. The maximum Gasteiger partial charge on any atom is 0.257 e. The highest BCUT2D eigenvalue weighted by molar-refractivity contribution is 7.91. The number of nitrogens with zero attached hydrogens (tertiary/aromatic N) is 3. The summed E-state index contributed by atoms with van der Waals surface area (Å²) in [5, 5.41) is 7.85. The highest BCUT2D eigenvalue weighted by Crippen LogP contribution is 2.32. The van der Waals surface area contributed by atoms with Crippen molar-refractivity contribution < 1.29 is 17.9 Å². The Labute approximate surface area is 179 Å². The second-order valence-corrected chi connectivity index (χ2v) is 9.13. The Hall–Kier alpha value is -3.72. The second kappa shape index (κ2) is 8.19. The van der Waals surface area contributed by atoms with E-state index in [1.54, 1.807) is 73.5 Å². The molecule has 158 valence electrons. The fourth-order valence-corrected chi connectivity index (χ4v) is 3.94. The van der Waals surface area contributed by atoms with Gasteiger partial charge in [0.05, 0.1) is 21.6 Å². The molecular formula is C22H20N4O4S. The number of benzene rings is 2. The molecule has 0 saturated heterocycles. The first-order valence-electron chi connectivity index (χ1n) is 9.56. The summed E-state index contributed by atoms with van der Waals surface area (Å²) in [6.07, 6.45) is 3.38. The van der Waals surface area contributed by atoms with E-state index in [0.29, 0.717) is 28.4 Å². The average Bonchev–Trinajstić information content (AvgIpc) is 3.15. The van der Waals surface area contributed by atoms with E-state index in [4.69, 9.17) is 4.74 Å². The Morgan fingerprint density at radius 3 is 2.58 bits per heavy atom. The van der Waals surface area contributed by atoms with Crippen LogP contribution in [0.2, 0.25) is 0 Å². The monoisotopic (exact) mass is 436 g/mol. The van der Waals surface area contributed by atoms with Crippen LogP contribution in [0, 0.1) is 0 Å². The minimum atomic E-state index is -3.29. The first kappa shape index (κ1) is 20.5. The number of carbonyl (C=O) groups is 1. The van der Waals surface area contributed by atoms with Crippen molar-refractivity contribution in [1.29, 1.82) is 0 Å². The number of pyridine rings is 1. The fourth-order valence-electron chi connectivity index (χ4n) is 3.06. The smallest absolute Gasteiger partial charge is 0.257 e. The largest absolute Gasteiger partial charge is 0.457 e. The number of anilines is 1. The third-order valence-corrected chi connectivity index (χ3v) is 6.41. The Kier molecular flexibility index (Phi) is 5.43. The van der Waals surface area contributed by atoms with Crippen molar-refractivity contribution in [2.24, 2.45) is 7.05 Å². The van der Waals surface area contributed by atoms with Crippen molar-refractivity contribution in [3.05, 3.63) is 72.6 Å². The standard InChI is InChI=1S/C22H20N4O4S/c1-3-31(28,29)17-9-7-16(8-10-17)30-20-13-15(12-19-18(20)14-26(2)25-19)22(27)24-21-6-4-5-11-23-21/h4-14H,3H2,1-2H3,(H,23,24,27). The Morgan fingerprint density at radius 2 is 1.90 bits per heavy atom. The van der Waals surface area contributed by atoms with Gasteiger partial charge in [0.1, 0.15) is 17.3 Å². The SMILES string of the molecule is CCS(=O)(=O)c1ccc(Oc2cc(C(=O)Nc3ccccn3)cc3nn(C)cc23)cc1. The molecule has 2 aromatic carbocycles. The molecule has 2 heterocycles. The predicted octanol–water partition coefficient (Wildman–Crippen LogP) is 3.81. The zero-order valence-corrected chi connectivity index (χ0v) is 17.8. The van der Waals surface area contributed by atoms with Crippen LogP contribution in [0.5, 0.6) is 11.5 Å². The molecule has 0 bridgehead atoms. The van der Waals surface area contributed by atoms with Crippen LogP contribution in [-0.4, -0.2) is 34.8 Å². The number of hydrogen-bond acceptors (Lipinski definition) is 6. The van der Waals surface area contributed by atoms with Gasteiger partial charge in [0.2, 0.25) is 0 Å². The lowest BCUT2D eigenvalue weighted by Crippen LogP contribution is -2.12. The van der Waals surface area contributed by atoms with Crippen LogP contribution >= 0.6 is 0 Å². The van der Waals surface area contributed by atoms with Crippen molar-refractivity contribution in [2.75, 3.05) is 11.1 Å². The van der Waals surface area contributed by atoms with Gasteiger partial charge >= 0.3 is 0 Å². The van der Waals surface area contributed by atoms with Gasteiger partial charge in [-0.3, -0.25) is 9.48 Å². The highest BCUT2D eigenvalue weighted by Gasteiger charge is 2.16. The molecule has 0 fully saturated rings. The molecular weight excluding hydrogens is 416 g/mol. The summed E-state index contributed by atoms with van der Waals surface area (Å²) < 4.78 is 31.7. The lowest BCUT2D eigenvalue weighted by molar-refractivity contribution is 0.102. The second-order valence-electron chi connectivity index (χ2n) is 6.86. The summed E-state index contributed by atoms with van der Waals surface area (Å²) in [5.74, 6) is 0.992. The zero-order chi connectivity index (χ0) is 22.0. The first-order chi connectivity index (χ1) is 14.9. The van der Waals surface area contributed by atoms with E-state index in [1.807, 2.05) is 0 Å². The topological polar surface area (TPSA) is 103 Å². The molecule has 4 rings (SSSR count). The van der Waals surface area contributed by atoms with Crippen LogP contribution in [0.15, 0.2) is 71.9 Å². The van der Waals surface area contributed by atoms with E-state index >= 15 is 0 Å². The van der Waals surface area contributed by atoms with E-state index in [1.165, 1.54) is 12.1 Å². The molecule has 0 radical (unpaired) electrons. The summed E-state index contributed by atoms with van der Waals surface area (Å²) in [6.45, 7) is 1.60. The molecule has 1 N–H and O–H groups in total. The van der Waals surface area contributed by atoms with Crippen LogP contribution in [0.4, 0.5) is 5.82 Å². The number of amides is 1. The number of nitrogens with one attached hydrogen (secondary N) is 1. The van der Waals surface area contributed by atoms with Crippen LogP contribution < -0.4 is 10.1 Å². The van der Waals surface area contributed by atoms with E-state index in [-0.39, 0.29) is 16.6 Å². The van der Waals surface area contributed by atoms with Gasteiger partial charge < -0.3 is 10.1 Å². The minimum Gasteiger partial charge on any atom is -0.457 e. The summed E-state index contributed by atoms with van der Waals surface area (Å²) in [4.78, 5) is 17.1. The maximum atomic E-state index is 12.7. The highest BCUT2D eigenvalue weighted by atomic mass is 32.2. The van der Waals surface area contributed by atoms with Gasteiger partial charge in [0.25, 0.3) is 5.91 Å². The van der Waals surface area contributed by atoms with Crippen molar-refractivity contribution >= 4 is 32.5 Å². The predicted molar refractivity (Wildman–Crippen MR) is 117 cm³/mol. The molecule has 1 amide bonds. The molecule has 0 unspecified atom stereocenters. The number of sulfone groups is 1. The zero-order valence-electron chi connectivity index (χ0n) is 16.9. The Balaban J connectivity index is 1.67. The molecule has 0 aliphatic rings. The average molecular weight is 436 g/mol. The molecule has 0 aliphatic heterocycles. The molecule has 4 aromatic rings. The molecule has 0 saturated carbocycles. The van der Waals surface area contributed by atoms with Gasteiger partial charge in [0.15, 0.2) is 9.84 Å². The molecule has 8 nitrogen and oxygen atoms in total. The van der Waals surface area contributed by atoms with E-state index in [0.717, 1.165) is 5.39 Å². The van der Waals surface area contributed by atoms with E-state index in [9.17, 15) is 13.2 Å². The first-order valence-corrected chi connectivity index (χ1v) is 11.2. The molecule has 0 aliphatic carbocycles. The molecule has 0 spiro atoms. The number of aryl methyl sites for hydroxylation is 1. The quantitative estimate of drug-likeness (QED) is 0.493. The fraction of sp³-hybridized carbons (Fsp3) is 0.136. The van der Waals surface area contributed by atoms with Gasteiger partial charge in [-0.25, -0.2) is 13.4 Å². The third kappa shape index (κ3) is 4.41. The van der Waals surface area contributed by atoms with Gasteiger partial charge in [0, 0.05) is 25.0 Å². The lowest BCUT2D eigenvalue weighted by atomic mass is 10.1. The van der Waals surface area contributed by atoms with Crippen molar-refractivity contribution in [2.45, 2.75) is 11.8 Å². The molecule has 9 heteroatoms. The number of carbonyl (C=O) groups excluding carboxylic acids is 1. The van der Waals surface area contributed by atoms with Gasteiger partial charge in [-0.1, -0.05) is 13.0 Å². The van der Waals surface area contributed by atoms with Gasteiger partial charge in [-0.2, -0.15) is 5.10 Å². The van der Waals surface area contributed by atoms with Crippen molar-refractivity contribution in [1.82, 2.24) is 14.8 Å². The number of hydrogen-bond donors (Lipinski definition) is 1. The van der Waals surface area contributed by atoms with Crippen molar-refractivity contribution in [3.63, 3.8) is 0 Å². The van der Waals surface area contributed by atoms with E-state index in [2.05, 4.69) is 15.4 Å². The van der Waals surface area contributed by atoms with Crippen molar-refractivity contribution in [3.8, 4) is 11.5 Å². The number of aromatic nitrogens is 3. The number of fused-ring (bicyclic) bond motifs is 1. The molecule has 31 heavy (non-hydrogen) atoms. The molecule has 2 aromatic heterocycles. The van der Waals surface area contributed by atoms with Crippen LogP contribution in [0.25, 0.3) is 10.9 Å².